The SMILES string of the molecule is CC(=O)N1CCN(S(=O)(=O)Cc2ccccc2C#N)CC1. The number of nitriles is 1. The monoisotopic (exact) mass is 307 g/mol. The van der Waals surface area contributed by atoms with Gasteiger partial charge in [-0.25, -0.2) is 8.42 Å². The van der Waals surface area contributed by atoms with Crippen molar-refractivity contribution in [1.29, 1.82) is 5.26 Å². The number of benzene rings is 1. The van der Waals surface area contributed by atoms with E-state index in [9.17, 15) is 13.2 Å². The van der Waals surface area contributed by atoms with E-state index in [0.717, 1.165) is 0 Å². The van der Waals surface area contributed by atoms with Crippen LogP contribution >= 0.6 is 0 Å². The number of sulfonamides is 1. The lowest BCUT2D eigenvalue weighted by atomic mass is 10.1. The Morgan fingerprint density at radius 3 is 2.43 bits per heavy atom. The quantitative estimate of drug-likeness (QED) is 0.816. The average Bonchev–Trinajstić information content (AvgIpc) is 2.47. The minimum Gasteiger partial charge on any atom is -0.340 e. The van der Waals surface area contributed by atoms with E-state index in [1.807, 2.05) is 6.07 Å². The van der Waals surface area contributed by atoms with Crippen molar-refractivity contribution in [3.8, 4) is 6.07 Å². The Labute approximate surface area is 124 Å². The third-order valence-corrected chi connectivity index (χ3v) is 5.38. The van der Waals surface area contributed by atoms with Crippen molar-refractivity contribution in [3.05, 3.63) is 35.4 Å². The van der Waals surface area contributed by atoms with E-state index in [1.54, 1.807) is 29.2 Å². The van der Waals surface area contributed by atoms with Gasteiger partial charge in [0.25, 0.3) is 0 Å². The molecule has 0 aliphatic carbocycles. The predicted octanol–water partition coefficient (Wildman–Crippen LogP) is 0.552. The van der Waals surface area contributed by atoms with Crippen LogP contribution in [0.4, 0.5) is 0 Å². The van der Waals surface area contributed by atoms with Gasteiger partial charge in [-0.1, -0.05) is 18.2 Å². The van der Waals surface area contributed by atoms with Crippen LogP contribution in [0.5, 0.6) is 0 Å². The van der Waals surface area contributed by atoms with Gasteiger partial charge in [0, 0.05) is 33.1 Å². The summed E-state index contributed by atoms with van der Waals surface area (Å²) < 4.78 is 26.2. The third kappa shape index (κ3) is 3.60. The zero-order valence-corrected chi connectivity index (χ0v) is 12.6. The number of carbonyl (C=O) groups is 1. The Morgan fingerprint density at radius 1 is 1.24 bits per heavy atom. The summed E-state index contributed by atoms with van der Waals surface area (Å²) in [5.74, 6) is -0.224. The maximum atomic E-state index is 12.4. The maximum Gasteiger partial charge on any atom is 0.219 e. The Balaban J connectivity index is 2.10. The van der Waals surface area contributed by atoms with Gasteiger partial charge in [-0.15, -0.1) is 0 Å². The van der Waals surface area contributed by atoms with E-state index in [2.05, 4.69) is 0 Å². The standard InChI is InChI=1S/C14H17N3O3S/c1-12(18)16-6-8-17(9-7-16)21(19,20)11-14-5-3-2-4-13(14)10-15/h2-5H,6-9,11H2,1H3. The van der Waals surface area contributed by atoms with Gasteiger partial charge in [-0.2, -0.15) is 9.57 Å². The Bertz CT molecular complexity index is 671. The zero-order valence-electron chi connectivity index (χ0n) is 11.8. The lowest BCUT2D eigenvalue weighted by Gasteiger charge is -2.33. The highest BCUT2D eigenvalue weighted by Gasteiger charge is 2.28. The van der Waals surface area contributed by atoms with Crippen LogP contribution in [-0.4, -0.2) is 49.7 Å². The number of hydrogen-bond acceptors (Lipinski definition) is 4. The summed E-state index contributed by atoms with van der Waals surface area (Å²) in [7, 11) is -3.47. The number of rotatable bonds is 3. The molecule has 1 aromatic carbocycles. The Morgan fingerprint density at radius 2 is 1.86 bits per heavy atom. The fourth-order valence-electron chi connectivity index (χ4n) is 2.32. The van der Waals surface area contributed by atoms with Gasteiger partial charge in [0.05, 0.1) is 17.4 Å². The van der Waals surface area contributed by atoms with Crippen molar-refractivity contribution >= 4 is 15.9 Å². The zero-order chi connectivity index (χ0) is 15.5. The summed E-state index contributed by atoms with van der Waals surface area (Å²) in [6, 6.07) is 8.70. The minimum atomic E-state index is -3.47. The summed E-state index contributed by atoms with van der Waals surface area (Å²) in [6.07, 6.45) is 0. The minimum absolute atomic E-state index is 0.0399. The molecule has 0 saturated carbocycles. The molecule has 21 heavy (non-hydrogen) atoms. The smallest absolute Gasteiger partial charge is 0.219 e. The molecule has 1 amide bonds. The molecule has 112 valence electrons. The molecule has 1 heterocycles. The fraction of sp³-hybridized carbons (Fsp3) is 0.429. The number of amides is 1. The van der Waals surface area contributed by atoms with Gasteiger partial charge in [0.1, 0.15) is 0 Å². The van der Waals surface area contributed by atoms with Gasteiger partial charge >= 0.3 is 0 Å². The van der Waals surface area contributed by atoms with Gasteiger partial charge in [-0.3, -0.25) is 4.79 Å². The van der Waals surface area contributed by atoms with Crippen molar-refractivity contribution < 1.29 is 13.2 Å². The normalized spacial score (nSPS) is 16.5. The fourth-order valence-corrected chi connectivity index (χ4v) is 3.87. The van der Waals surface area contributed by atoms with Crippen LogP contribution in [0, 0.1) is 11.3 Å². The Hall–Kier alpha value is -1.91. The van der Waals surface area contributed by atoms with Gasteiger partial charge < -0.3 is 4.90 Å². The molecule has 2 rings (SSSR count). The molecule has 0 aromatic heterocycles. The van der Waals surface area contributed by atoms with Crippen LogP contribution < -0.4 is 0 Å². The lowest BCUT2D eigenvalue weighted by molar-refractivity contribution is -0.129. The molecule has 1 fully saturated rings. The van der Waals surface area contributed by atoms with Crippen LogP contribution in [0.2, 0.25) is 0 Å². The molecule has 0 radical (unpaired) electrons. The van der Waals surface area contributed by atoms with Crippen LogP contribution in [-0.2, 0) is 20.6 Å². The van der Waals surface area contributed by atoms with Crippen molar-refractivity contribution in [2.24, 2.45) is 0 Å². The molecular weight excluding hydrogens is 290 g/mol. The van der Waals surface area contributed by atoms with Crippen molar-refractivity contribution in [1.82, 2.24) is 9.21 Å². The average molecular weight is 307 g/mol. The topological polar surface area (TPSA) is 81.5 Å². The molecule has 1 aliphatic heterocycles. The van der Waals surface area contributed by atoms with Crippen LogP contribution in [0.1, 0.15) is 18.1 Å². The molecule has 7 heteroatoms. The molecule has 0 spiro atoms. The first-order chi connectivity index (χ1) is 9.94. The summed E-state index contributed by atoms with van der Waals surface area (Å²) in [5, 5.41) is 9.02. The summed E-state index contributed by atoms with van der Waals surface area (Å²) >= 11 is 0. The summed E-state index contributed by atoms with van der Waals surface area (Å²) in [5.41, 5.74) is 0.887. The highest BCUT2D eigenvalue weighted by molar-refractivity contribution is 7.88. The van der Waals surface area contributed by atoms with E-state index in [0.29, 0.717) is 37.3 Å². The molecular formula is C14H17N3O3S. The maximum absolute atomic E-state index is 12.4. The molecule has 6 nitrogen and oxygen atoms in total. The first-order valence-corrected chi connectivity index (χ1v) is 8.26. The van der Waals surface area contributed by atoms with E-state index >= 15 is 0 Å². The van der Waals surface area contributed by atoms with E-state index in [1.165, 1.54) is 11.2 Å². The van der Waals surface area contributed by atoms with Crippen LogP contribution in [0.25, 0.3) is 0 Å². The second-order valence-corrected chi connectivity index (χ2v) is 6.90. The molecule has 0 atom stereocenters. The highest BCUT2D eigenvalue weighted by Crippen LogP contribution is 2.16. The number of piperazine rings is 1. The first kappa shape index (κ1) is 15.5. The van der Waals surface area contributed by atoms with Gasteiger partial charge in [0.2, 0.25) is 15.9 Å². The van der Waals surface area contributed by atoms with Gasteiger partial charge in [0.15, 0.2) is 0 Å². The number of carbonyl (C=O) groups excluding carboxylic acids is 1. The second-order valence-electron chi connectivity index (χ2n) is 4.93. The van der Waals surface area contributed by atoms with Crippen molar-refractivity contribution in [3.63, 3.8) is 0 Å². The summed E-state index contributed by atoms with van der Waals surface area (Å²) in [6.45, 7) is 2.91. The molecule has 1 saturated heterocycles. The van der Waals surface area contributed by atoms with Gasteiger partial charge in [-0.05, 0) is 11.6 Å². The van der Waals surface area contributed by atoms with E-state index in [-0.39, 0.29) is 11.7 Å². The van der Waals surface area contributed by atoms with E-state index < -0.39 is 10.0 Å². The first-order valence-electron chi connectivity index (χ1n) is 6.65. The Kier molecular flexibility index (Phi) is 4.60. The van der Waals surface area contributed by atoms with Crippen molar-refractivity contribution in [2.75, 3.05) is 26.2 Å². The molecule has 0 bridgehead atoms. The molecule has 0 N–H and O–H groups in total. The van der Waals surface area contributed by atoms with E-state index in [4.69, 9.17) is 5.26 Å². The second kappa shape index (κ2) is 6.24. The largest absolute Gasteiger partial charge is 0.340 e. The molecule has 1 aliphatic rings. The van der Waals surface area contributed by atoms with Crippen LogP contribution in [0.15, 0.2) is 24.3 Å². The van der Waals surface area contributed by atoms with Crippen molar-refractivity contribution in [2.45, 2.75) is 12.7 Å². The number of hydrogen-bond donors (Lipinski definition) is 0. The molecule has 0 unspecified atom stereocenters. The highest BCUT2D eigenvalue weighted by atomic mass is 32.2. The lowest BCUT2D eigenvalue weighted by Crippen LogP contribution is -2.50. The number of nitrogens with zero attached hydrogens (tertiary/aromatic N) is 3. The predicted molar refractivity (Wildman–Crippen MR) is 77.6 cm³/mol. The molecule has 1 aromatic rings. The summed E-state index contributed by atoms with van der Waals surface area (Å²) in [4.78, 5) is 12.9. The van der Waals surface area contributed by atoms with Crippen LogP contribution in [0.3, 0.4) is 0 Å². The third-order valence-electron chi connectivity index (χ3n) is 3.55.